The molecule has 0 amide bonds. The molecule has 0 aromatic heterocycles. The standard InChI is InChI=1S/C13H26N2.2C3H3F3O4/c1(2-12-4-8-14-9-5-12)3-13-6-10-15-11-7-13;2*4-3(5,6)2(9,10)1(7)8/h12-15H,1-11H2;2*9-10H,(H,7,8). The van der Waals surface area contributed by atoms with Crippen LogP contribution in [0.15, 0.2) is 0 Å². The predicted molar refractivity (Wildman–Crippen MR) is 107 cm³/mol. The summed E-state index contributed by atoms with van der Waals surface area (Å²) in [5.74, 6) is -12.7. The van der Waals surface area contributed by atoms with Gasteiger partial charge in [0, 0.05) is 0 Å². The summed E-state index contributed by atoms with van der Waals surface area (Å²) < 4.78 is 67.2. The number of aliphatic hydroxyl groups is 4. The molecule has 2 rings (SSSR count). The first-order chi connectivity index (χ1) is 15.8. The van der Waals surface area contributed by atoms with Crippen LogP contribution in [0.25, 0.3) is 0 Å². The molecule has 0 radical (unpaired) electrons. The van der Waals surface area contributed by atoms with Crippen LogP contribution in [0.3, 0.4) is 0 Å². The monoisotopic (exact) mass is 530 g/mol. The van der Waals surface area contributed by atoms with Gasteiger partial charge in [-0.1, -0.05) is 19.3 Å². The number of rotatable bonds is 6. The Kier molecular flexibility index (Phi) is 13.4. The van der Waals surface area contributed by atoms with Crippen LogP contribution in [0.1, 0.15) is 44.9 Å². The van der Waals surface area contributed by atoms with E-state index in [4.69, 9.17) is 30.6 Å². The second-order valence-electron chi connectivity index (χ2n) is 8.27. The molecule has 0 unspecified atom stereocenters. The number of hydrogen-bond acceptors (Lipinski definition) is 8. The Bertz CT molecular complexity index is 592. The zero-order chi connectivity index (χ0) is 27.5. The van der Waals surface area contributed by atoms with E-state index in [1.54, 1.807) is 0 Å². The highest BCUT2D eigenvalue weighted by Crippen LogP contribution is 2.28. The second kappa shape index (κ2) is 14.1. The van der Waals surface area contributed by atoms with Crippen LogP contribution in [-0.4, -0.2) is 92.7 Å². The van der Waals surface area contributed by atoms with E-state index in [9.17, 15) is 35.9 Å². The Morgan fingerprint density at radius 1 is 0.629 bits per heavy atom. The minimum atomic E-state index is -5.57. The lowest BCUT2D eigenvalue weighted by Crippen LogP contribution is -2.51. The van der Waals surface area contributed by atoms with Gasteiger partial charge in [-0.15, -0.1) is 0 Å². The van der Waals surface area contributed by atoms with E-state index in [1.165, 1.54) is 71.1 Å². The van der Waals surface area contributed by atoms with Crippen LogP contribution in [-0.2, 0) is 9.59 Å². The van der Waals surface area contributed by atoms with Crippen molar-refractivity contribution in [3.63, 3.8) is 0 Å². The average Bonchev–Trinajstić information content (AvgIpc) is 2.74. The van der Waals surface area contributed by atoms with E-state index in [1.807, 2.05) is 0 Å². The number of carbonyl (C=O) groups is 2. The molecule has 2 saturated heterocycles. The van der Waals surface area contributed by atoms with Crippen molar-refractivity contribution in [2.75, 3.05) is 26.2 Å². The van der Waals surface area contributed by atoms with Crippen molar-refractivity contribution in [3.05, 3.63) is 0 Å². The van der Waals surface area contributed by atoms with Gasteiger partial charge < -0.3 is 41.3 Å². The highest BCUT2D eigenvalue weighted by Gasteiger charge is 2.60. The maximum Gasteiger partial charge on any atom is 0.455 e. The van der Waals surface area contributed by atoms with Gasteiger partial charge in [0.05, 0.1) is 0 Å². The summed E-state index contributed by atoms with van der Waals surface area (Å²) in [6, 6.07) is 0. The summed E-state index contributed by atoms with van der Waals surface area (Å²) in [6.07, 6.45) is -0.985. The molecule has 0 bridgehead atoms. The smallest absolute Gasteiger partial charge is 0.455 e. The summed E-state index contributed by atoms with van der Waals surface area (Å²) >= 11 is 0. The fourth-order valence-corrected chi connectivity index (χ4v) is 3.28. The van der Waals surface area contributed by atoms with E-state index in [-0.39, 0.29) is 0 Å². The van der Waals surface area contributed by atoms with Gasteiger partial charge in [-0.05, 0) is 63.7 Å². The Morgan fingerprint density at radius 2 is 0.886 bits per heavy atom. The summed E-state index contributed by atoms with van der Waals surface area (Å²) in [6.45, 7) is 5.05. The number of aliphatic carboxylic acids is 2. The van der Waals surface area contributed by atoms with Crippen LogP contribution >= 0.6 is 0 Å². The zero-order valence-electron chi connectivity index (χ0n) is 18.7. The number of carboxylic acid groups (broad SMARTS) is 2. The van der Waals surface area contributed by atoms with Gasteiger partial charge >= 0.3 is 35.9 Å². The van der Waals surface area contributed by atoms with Gasteiger partial charge in [-0.2, -0.15) is 26.3 Å². The molecule has 0 aromatic carbocycles. The molecule has 8 N–H and O–H groups in total. The molecule has 2 aliphatic rings. The van der Waals surface area contributed by atoms with E-state index >= 15 is 0 Å². The van der Waals surface area contributed by atoms with Crippen LogP contribution in [0, 0.1) is 11.8 Å². The zero-order valence-corrected chi connectivity index (χ0v) is 18.7. The second-order valence-corrected chi connectivity index (χ2v) is 8.27. The lowest BCUT2D eigenvalue weighted by Gasteiger charge is -2.25. The summed E-state index contributed by atoms with van der Waals surface area (Å²) in [7, 11) is 0. The quantitative estimate of drug-likeness (QED) is 0.181. The van der Waals surface area contributed by atoms with E-state index < -0.39 is 35.9 Å². The Hall–Kier alpha value is -1.72. The fourth-order valence-electron chi connectivity index (χ4n) is 3.28. The van der Waals surface area contributed by atoms with Crippen LogP contribution in [0.5, 0.6) is 0 Å². The predicted octanol–water partition coefficient (Wildman–Crippen LogP) is 0.784. The minimum Gasteiger partial charge on any atom is -0.477 e. The molecule has 208 valence electrons. The Balaban J connectivity index is 0.000000517. The van der Waals surface area contributed by atoms with Crippen molar-refractivity contribution < 1.29 is 66.6 Å². The molecule has 2 heterocycles. The lowest BCUT2D eigenvalue weighted by atomic mass is 9.87. The highest BCUT2D eigenvalue weighted by molar-refractivity contribution is 5.76. The van der Waals surface area contributed by atoms with Crippen LogP contribution in [0.4, 0.5) is 26.3 Å². The van der Waals surface area contributed by atoms with Crippen LogP contribution in [0.2, 0.25) is 0 Å². The molecule has 10 nitrogen and oxygen atoms in total. The van der Waals surface area contributed by atoms with Crippen molar-refractivity contribution in [2.24, 2.45) is 11.8 Å². The first-order valence-corrected chi connectivity index (χ1v) is 10.7. The Labute approximate surface area is 196 Å². The molecular weight excluding hydrogens is 498 g/mol. The molecule has 16 heteroatoms. The summed E-state index contributed by atoms with van der Waals surface area (Å²) in [5, 5.41) is 53.0. The van der Waals surface area contributed by atoms with Crippen molar-refractivity contribution in [1.82, 2.24) is 10.6 Å². The Morgan fingerprint density at radius 3 is 1.06 bits per heavy atom. The van der Waals surface area contributed by atoms with Gasteiger partial charge in [0.25, 0.3) is 0 Å². The maximum absolute atomic E-state index is 11.2. The third kappa shape index (κ3) is 11.7. The number of alkyl halides is 6. The first-order valence-electron chi connectivity index (χ1n) is 10.7. The fraction of sp³-hybridized carbons (Fsp3) is 0.895. The number of piperidine rings is 2. The summed E-state index contributed by atoms with van der Waals surface area (Å²) in [5.41, 5.74) is 0. The van der Waals surface area contributed by atoms with Gasteiger partial charge in [0.15, 0.2) is 0 Å². The van der Waals surface area contributed by atoms with Gasteiger partial charge in [0.1, 0.15) is 0 Å². The topological polar surface area (TPSA) is 180 Å². The lowest BCUT2D eigenvalue weighted by molar-refractivity contribution is -0.335. The molecule has 2 fully saturated rings. The number of hydrogen-bond donors (Lipinski definition) is 8. The molecule has 0 aliphatic carbocycles. The summed E-state index contributed by atoms with van der Waals surface area (Å²) in [4.78, 5) is 18.9. The normalized spacial score (nSPS) is 18.6. The molecule has 0 aromatic rings. The molecule has 2 aliphatic heterocycles. The molecule has 0 atom stereocenters. The molecule has 0 spiro atoms. The van der Waals surface area contributed by atoms with Crippen molar-refractivity contribution in [2.45, 2.75) is 68.9 Å². The van der Waals surface area contributed by atoms with E-state index in [0.29, 0.717) is 0 Å². The largest absolute Gasteiger partial charge is 0.477 e. The molecular formula is C19H32F6N2O8. The van der Waals surface area contributed by atoms with E-state index in [0.717, 1.165) is 11.8 Å². The number of nitrogens with one attached hydrogen (secondary N) is 2. The first kappa shape index (κ1) is 33.3. The minimum absolute atomic E-state index is 1.04. The maximum atomic E-state index is 11.2. The van der Waals surface area contributed by atoms with Crippen molar-refractivity contribution in [1.29, 1.82) is 0 Å². The highest BCUT2D eigenvalue weighted by atomic mass is 19.4. The molecule has 35 heavy (non-hydrogen) atoms. The molecule has 0 saturated carbocycles. The SMILES string of the molecule is C(CC1CCNCC1)CC1CCNCC1.O=C(O)C(O)(O)C(F)(F)F.O=C(O)C(O)(O)C(F)(F)F. The number of halogens is 6. The van der Waals surface area contributed by atoms with Crippen molar-refractivity contribution in [3.8, 4) is 0 Å². The average molecular weight is 530 g/mol. The third-order valence-corrected chi connectivity index (χ3v) is 5.53. The van der Waals surface area contributed by atoms with Crippen LogP contribution < -0.4 is 10.6 Å². The third-order valence-electron chi connectivity index (χ3n) is 5.53. The number of carboxylic acids is 2. The van der Waals surface area contributed by atoms with Gasteiger partial charge in [0.2, 0.25) is 0 Å². The van der Waals surface area contributed by atoms with Gasteiger partial charge in [-0.3, -0.25) is 0 Å². The van der Waals surface area contributed by atoms with Crippen molar-refractivity contribution >= 4 is 11.9 Å². The van der Waals surface area contributed by atoms with Gasteiger partial charge in [-0.25, -0.2) is 9.59 Å². The van der Waals surface area contributed by atoms with E-state index in [2.05, 4.69) is 10.6 Å².